The largest absolute Gasteiger partial charge is 0.312 e. The monoisotopic (exact) mass is 205 g/mol. The molecule has 0 aliphatic heterocycles. The Morgan fingerprint density at radius 2 is 1.73 bits per heavy atom. The third-order valence-electron chi connectivity index (χ3n) is 2.89. The van der Waals surface area contributed by atoms with Crippen LogP contribution in [0, 0.1) is 0 Å². The van der Waals surface area contributed by atoms with Gasteiger partial charge in [0, 0.05) is 12.1 Å². The SMILES string of the molecule is CCC(C)NC(C)CCc1ccccc1. The third-order valence-corrected chi connectivity index (χ3v) is 2.89. The Kier molecular flexibility index (Phi) is 5.41. The van der Waals surface area contributed by atoms with Crippen LogP contribution in [0.5, 0.6) is 0 Å². The van der Waals surface area contributed by atoms with Crippen LogP contribution in [0.2, 0.25) is 0 Å². The molecule has 0 aromatic heterocycles. The van der Waals surface area contributed by atoms with E-state index in [0.717, 1.165) is 0 Å². The number of aryl methyl sites for hydroxylation is 1. The Labute approximate surface area is 93.9 Å². The van der Waals surface area contributed by atoms with Crippen molar-refractivity contribution >= 4 is 0 Å². The second-order valence-corrected chi connectivity index (χ2v) is 4.40. The van der Waals surface area contributed by atoms with E-state index in [2.05, 4.69) is 56.4 Å². The summed E-state index contributed by atoms with van der Waals surface area (Å²) in [7, 11) is 0. The van der Waals surface area contributed by atoms with E-state index in [-0.39, 0.29) is 0 Å². The summed E-state index contributed by atoms with van der Waals surface area (Å²) in [5.74, 6) is 0. The van der Waals surface area contributed by atoms with Crippen LogP contribution in [0.4, 0.5) is 0 Å². The van der Waals surface area contributed by atoms with E-state index in [1.54, 1.807) is 0 Å². The summed E-state index contributed by atoms with van der Waals surface area (Å²) in [6, 6.07) is 12.0. The van der Waals surface area contributed by atoms with Crippen molar-refractivity contribution < 1.29 is 0 Å². The highest BCUT2D eigenvalue weighted by Crippen LogP contribution is 2.05. The zero-order chi connectivity index (χ0) is 11.1. The Morgan fingerprint density at radius 1 is 1.07 bits per heavy atom. The fraction of sp³-hybridized carbons (Fsp3) is 0.571. The summed E-state index contributed by atoms with van der Waals surface area (Å²) < 4.78 is 0. The molecule has 15 heavy (non-hydrogen) atoms. The first-order valence-electron chi connectivity index (χ1n) is 6.02. The van der Waals surface area contributed by atoms with E-state index in [9.17, 15) is 0 Å². The number of rotatable bonds is 6. The van der Waals surface area contributed by atoms with Crippen molar-refractivity contribution in [3.05, 3.63) is 35.9 Å². The molecule has 1 N–H and O–H groups in total. The first-order chi connectivity index (χ1) is 7.22. The van der Waals surface area contributed by atoms with Crippen LogP contribution in [0.15, 0.2) is 30.3 Å². The minimum Gasteiger partial charge on any atom is -0.312 e. The highest BCUT2D eigenvalue weighted by atomic mass is 14.9. The summed E-state index contributed by atoms with van der Waals surface area (Å²) >= 11 is 0. The fourth-order valence-electron chi connectivity index (χ4n) is 1.71. The van der Waals surface area contributed by atoms with E-state index >= 15 is 0 Å². The minimum atomic E-state index is 0.611. The van der Waals surface area contributed by atoms with Crippen molar-refractivity contribution in [2.24, 2.45) is 0 Å². The highest BCUT2D eigenvalue weighted by Gasteiger charge is 2.05. The van der Waals surface area contributed by atoms with Gasteiger partial charge in [0.15, 0.2) is 0 Å². The molecule has 1 rings (SSSR count). The lowest BCUT2D eigenvalue weighted by Crippen LogP contribution is -2.34. The van der Waals surface area contributed by atoms with Crippen molar-refractivity contribution in [1.29, 1.82) is 0 Å². The van der Waals surface area contributed by atoms with Gasteiger partial charge in [-0.1, -0.05) is 37.3 Å². The maximum Gasteiger partial charge on any atom is 0.00443 e. The van der Waals surface area contributed by atoms with Crippen LogP contribution in [0.3, 0.4) is 0 Å². The normalized spacial score (nSPS) is 14.9. The molecule has 0 saturated carbocycles. The van der Waals surface area contributed by atoms with E-state index < -0.39 is 0 Å². The first kappa shape index (κ1) is 12.3. The van der Waals surface area contributed by atoms with Crippen molar-refractivity contribution in [3.8, 4) is 0 Å². The van der Waals surface area contributed by atoms with Gasteiger partial charge in [-0.3, -0.25) is 0 Å². The van der Waals surface area contributed by atoms with Crippen LogP contribution < -0.4 is 5.32 Å². The Hall–Kier alpha value is -0.820. The lowest BCUT2D eigenvalue weighted by Gasteiger charge is -2.18. The summed E-state index contributed by atoms with van der Waals surface area (Å²) in [5, 5.41) is 3.60. The molecular weight excluding hydrogens is 182 g/mol. The predicted octanol–water partition coefficient (Wildman–Crippen LogP) is 3.40. The molecule has 2 unspecified atom stereocenters. The van der Waals surface area contributed by atoms with Crippen molar-refractivity contribution in [2.75, 3.05) is 0 Å². The van der Waals surface area contributed by atoms with Gasteiger partial charge < -0.3 is 5.32 Å². The van der Waals surface area contributed by atoms with Gasteiger partial charge in [-0.25, -0.2) is 0 Å². The van der Waals surface area contributed by atoms with Gasteiger partial charge in [-0.2, -0.15) is 0 Å². The average molecular weight is 205 g/mol. The number of benzene rings is 1. The van der Waals surface area contributed by atoms with Crippen LogP contribution in [0.25, 0.3) is 0 Å². The van der Waals surface area contributed by atoms with Crippen LogP contribution >= 0.6 is 0 Å². The molecule has 84 valence electrons. The van der Waals surface area contributed by atoms with Gasteiger partial charge >= 0.3 is 0 Å². The molecule has 1 aromatic rings. The summed E-state index contributed by atoms with van der Waals surface area (Å²) in [4.78, 5) is 0. The van der Waals surface area contributed by atoms with E-state index in [0.29, 0.717) is 12.1 Å². The Balaban J connectivity index is 2.25. The Morgan fingerprint density at radius 3 is 2.33 bits per heavy atom. The summed E-state index contributed by atoms with van der Waals surface area (Å²) in [5.41, 5.74) is 1.44. The third kappa shape index (κ3) is 4.98. The van der Waals surface area contributed by atoms with Crippen LogP contribution in [-0.2, 0) is 6.42 Å². The molecule has 1 nitrogen and oxygen atoms in total. The van der Waals surface area contributed by atoms with Gasteiger partial charge in [0.2, 0.25) is 0 Å². The van der Waals surface area contributed by atoms with Gasteiger partial charge in [0.05, 0.1) is 0 Å². The van der Waals surface area contributed by atoms with Crippen LogP contribution in [0.1, 0.15) is 39.2 Å². The molecule has 1 aromatic carbocycles. The van der Waals surface area contributed by atoms with Gasteiger partial charge in [0.1, 0.15) is 0 Å². The minimum absolute atomic E-state index is 0.611. The molecule has 0 amide bonds. The molecular formula is C14H23N. The first-order valence-corrected chi connectivity index (χ1v) is 6.02. The van der Waals surface area contributed by atoms with E-state index in [1.165, 1.54) is 24.8 Å². The molecule has 0 heterocycles. The van der Waals surface area contributed by atoms with Crippen molar-refractivity contribution in [2.45, 2.75) is 52.1 Å². The zero-order valence-electron chi connectivity index (χ0n) is 10.2. The van der Waals surface area contributed by atoms with Gasteiger partial charge in [0.25, 0.3) is 0 Å². The fourth-order valence-corrected chi connectivity index (χ4v) is 1.71. The lowest BCUT2D eigenvalue weighted by atomic mass is 10.1. The molecule has 0 aliphatic carbocycles. The lowest BCUT2D eigenvalue weighted by molar-refractivity contribution is 0.438. The molecule has 0 fully saturated rings. The van der Waals surface area contributed by atoms with Crippen molar-refractivity contribution in [3.63, 3.8) is 0 Å². The maximum atomic E-state index is 3.60. The molecule has 2 atom stereocenters. The summed E-state index contributed by atoms with van der Waals surface area (Å²) in [6.45, 7) is 6.75. The smallest absolute Gasteiger partial charge is 0.00443 e. The van der Waals surface area contributed by atoms with Crippen molar-refractivity contribution in [1.82, 2.24) is 5.32 Å². The molecule has 0 aliphatic rings. The Bertz CT molecular complexity index is 255. The molecule has 0 radical (unpaired) electrons. The topological polar surface area (TPSA) is 12.0 Å². The summed E-state index contributed by atoms with van der Waals surface area (Å²) in [6.07, 6.45) is 3.59. The van der Waals surface area contributed by atoms with Gasteiger partial charge in [-0.15, -0.1) is 0 Å². The zero-order valence-corrected chi connectivity index (χ0v) is 10.2. The van der Waals surface area contributed by atoms with Gasteiger partial charge in [-0.05, 0) is 38.7 Å². The molecule has 0 saturated heterocycles. The second-order valence-electron chi connectivity index (χ2n) is 4.40. The molecule has 1 heteroatoms. The van der Waals surface area contributed by atoms with E-state index in [1.807, 2.05) is 0 Å². The highest BCUT2D eigenvalue weighted by molar-refractivity contribution is 5.14. The average Bonchev–Trinajstić information content (AvgIpc) is 2.27. The van der Waals surface area contributed by atoms with E-state index in [4.69, 9.17) is 0 Å². The second kappa shape index (κ2) is 6.62. The maximum absolute atomic E-state index is 3.60. The predicted molar refractivity (Wildman–Crippen MR) is 67.1 cm³/mol. The van der Waals surface area contributed by atoms with Crippen LogP contribution in [-0.4, -0.2) is 12.1 Å². The molecule has 0 bridgehead atoms. The standard InChI is InChI=1S/C14H23N/c1-4-12(2)15-13(3)10-11-14-8-6-5-7-9-14/h5-9,12-13,15H,4,10-11H2,1-3H3. The molecule has 0 spiro atoms. The number of nitrogens with one attached hydrogen (secondary N) is 1. The quantitative estimate of drug-likeness (QED) is 0.750. The number of hydrogen-bond donors (Lipinski definition) is 1. The number of hydrogen-bond acceptors (Lipinski definition) is 1.